The first-order valence-electron chi connectivity index (χ1n) is 16.1. The average molecular weight is 634 g/mol. The molecule has 8 atom stereocenters. The summed E-state index contributed by atoms with van der Waals surface area (Å²) in [7, 11) is 0. The zero-order valence-corrected chi connectivity index (χ0v) is 26.5. The van der Waals surface area contributed by atoms with Crippen LogP contribution in [0, 0.1) is 29.1 Å². The number of hydrogen-bond donors (Lipinski definition) is 4. The number of halogens is 3. The van der Waals surface area contributed by atoms with Crippen LogP contribution in [0.5, 0.6) is 0 Å². The molecule has 45 heavy (non-hydrogen) atoms. The van der Waals surface area contributed by atoms with Gasteiger partial charge < -0.3 is 25.8 Å². The molecule has 5 rings (SSSR count). The fraction of sp³-hybridized carbons (Fsp3) is 0.657. The minimum absolute atomic E-state index is 0.0679. The number of rotatable bonds is 10. The third-order valence-electron chi connectivity index (χ3n) is 11.5. The van der Waals surface area contributed by atoms with Crippen LogP contribution in [0.2, 0.25) is 0 Å². The van der Waals surface area contributed by atoms with Crippen molar-refractivity contribution in [3.8, 4) is 0 Å². The maximum absolute atomic E-state index is 13.3. The van der Waals surface area contributed by atoms with E-state index in [0.717, 1.165) is 37.0 Å². The normalized spacial score (nSPS) is 35.8. The number of carbonyl (C=O) groups excluding carboxylic acids is 2. The lowest BCUT2D eigenvalue weighted by molar-refractivity contribution is -0.187. The van der Waals surface area contributed by atoms with E-state index in [4.69, 9.17) is 10.5 Å². The molecule has 1 aromatic rings. The Balaban J connectivity index is 1.20. The first-order valence-corrected chi connectivity index (χ1v) is 16.1. The van der Waals surface area contributed by atoms with Gasteiger partial charge in [-0.3, -0.25) is 9.59 Å². The molecule has 0 amide bonds. The molecule has 1 unspecified atom stereocenters. The number of Topliss-reactive ketones (excluding diaryl/α,β-unsaturated/α-hetero) is 1. The number of ether oxygens (including phenoxy) is 1. The summed E-state index contributed by atoms with van der Waals surface area (Å²) in [6.45, 7) is 7.13. The molecule has 2 saturated carbocycles. The third kappa shape index (κ3) is 5.49. The fourth-order valence-corrected chi connectivity index (χ4v) is 8.88. The van der Waals surface area contributed by atoms with E-state index >= 15 is 0 Å². The molecule has 0 saturated heterocycles. The van der Waals surface area contributed by atoms with E-state index in [1.807, 2.05) is 20.8 Å². The molecule has 2 fully saturated rings. The SMILES string of the molecule is CC1=C[C@H]2[C@@]3(O)[C@H](C)C[C@]4(OC(=O)C(N)CCCCCCc5ccc(C(F)(F)F)cc5)[C@H]([C@@H]3C=C(CO)C[C@]2(O)C1=O)C4(C)C. The van der Waals surface area contributed by atoms with Crippen LogP contribution < -0.4 is 5.73 Å². The highest BCUT2D eigenvalue weighted by Gasteiger charge is 2.83. The van der Waals surface area contributed by atoms with Crippen LogP contribution in [0.4, 0.5) is 13.2 Å². The van der Waals surface area contributed by atoms with E-state index in [1.165, 1.54) is 12.1 Å². The van der Waals surface area contributed by atoms with E-state index in [-0.39, 0.29) is 18.9 Å². The summed E-state index contributed by atoms with van der Waals surface area (Å²) in [4.78, 5) is 26.4. The quantitative estimate of drug-likeness (QED) is 0.161. The summed E-state index contributed by atoms with van der Waals surface area (Å²) < 4.78 is 44.5. The van der Waals surface area contributed by atoms with Gasteiger partial charge in [-0.15, -0.1) is 0 Å². The van der Waals surface area contributed by atoms with Gasteiger partial charge in [0.05, 0.1) is 17.8 Å². The summed E-state index contributed by atoms with van der Waals surface area (Å²) in [5.41, 5.74) is 2.62. The summed E-state index contributed by atoms with van der Waals surface area (Å²) in [6.07, 6.45) is 3.69. The van der Waals surface area contributed by atoms with Gasteiger partial charge in [0.2, 0.25) is 0 Å². The van der Waals surface area contributed by atoms with Crippen molar-refractivity contribution in [2.75, 3.05) is 6.61 Å². The number of fused-ring (bicyclic) bond motifs is 5. The Kier molecular flexibility index (Phi) is 8.73. The van der Waals surface area contributed by atoms with Crippen LogP contribution in [0.15, 0.2) is 47.6 Å². The number of unbranched alkanes of at least 4 members (excludes halogenated alkanes) is 3. The molecule has 7 nitrogen and oxygen atoms in total. The summed E-state index contributed by atoms with van der Waals surface area (Å²) >= 11 is 0. The van der Waals surface area contributed by atoms with Gasteiger partial charge in [0.25, 0.3) is 0 Å². The van der Waals surface area contributed by atoms with Crippen molar-refractivity contribution in [2.45, 2.75) is 108 Å². The molecule has 4 aliphatic rings. The van der Waals surface area contributed by atoms with Gasteiger partial charge in [0, 0.05) is 29.6 Å². The molecule has 4 aliphatic carbocycles. The summed E-state index contributed by atoms with van der Waals surface area (Å²) in [5, 5.41) is 34.2. The number of benzene rings is 1. The predicted octanol–water partition coefficient (Wildman–Crippen LogP) is 5.05. The zero-order valence-electron chi connectivity index (χ0n) is 26.5. The van der Waals surface area contributed by atoms with Crippen molar-refractivity contribution in [3.63, 3.8) is 0 Å². The first kappa shape index (κ1) is 33.8. The first-order chi connectivity index (χ1) is 20.9. The lowest BCUT2D eigenvalue weighted by Gasteiger charge is -2.50. The fourth-order valence-electron chi connectivity index (χ4n) is 8.88. The maximum atomic E-state index is 13.3. The number of esters is 1. The third-order valence-corrected chi connectivity index (χ3v) is 11.5. The van der Waals surface area contributed by atoms with Crippen LogP contribution >= 0.6 is 0 Å². The van der Waals surface area contributed by atoms with E-state index in [0.29, 0.717) is 36.8 Å². The van der Waals surface area contributed by atoms with E-state index in [1.54, 1.807) is 19.1 Å². The van der Waals surface area contributed by atoms with Crippen molar-refractivity contribution >= 4 is 11.8 Å². The lowest BCUT2D eigenvalue weighted by Crippen LogP contribution is -2.61. The lowest BCUT2D eigenvalue weighted by atomic mass is 9.60. The molecular formula is C35H46F3NO6. The van der Waals surface area contributed by atoms with E-state index < -0.39 is 69.5 Å². The van der Waals surface area contributed by atoms with E-state index in [9.17, 15) is 38.1 Å². The van der Waals surface area contributed by atoms with Crippen LogP contribution in [0.3, 0.4) is 0 Å². The Morgan fingerprint density at radius 2 is 1.73 bits per heavy atom. The van der Waals surface area contributed by atoms with Crippen molar-refractivity contribution in [3.05, 3.63) is 58.7 Å². The predicted molar refractivity (Wildman–Crippen MR) is 162 cm³/mol. The van der Waals surface area contributed by atoms with Gasteiger partial charge >= 0.3 is 12.1 Å². The second-order valence-electron chi connectivity index (χ2n) is 14.5. The number of aliphatic hydroxyl groups is 3. The molecule has 248 valence electrons. The second-order valence-corrected chi connectivity index (χ2v) is 14.5. The minimum Gasteiger partial charge on any atom is -0.457 e. The molecule has 1 aromatic carbocycles. The molecule has 5 N–H and O–H groups in total. The topological polar surface area (TPSA) is 130 Å². The van der Waals surface area contributed by atoms with Crippen molar-refractivity contribution in [1.82, 2.24) is 0 Å². The van der Waals surface area contributed by atoms with Gasteiger partial charge in [-0.1, -0.05) is 64.3 Å². The van der Waals surface area contributed by atoms with Gasteiger partial charge in [-0.2, -0.15) is 13.2 Å². The molecule has 0 radical (unpaired) electrons. The molecule has 0 heterocycles. The van der Waals surface area contributed by atoms with Crippen molar-refractivity contribution in [1.29, 1.82) is 0 Å². The zero-order chi connectivity index (χ0) is 33.2. The molecular weight excluding hydrogens is 587 g/mol. The monoisotopic (exact) mass is 633 g/mol. The Morgan fingerprint density at radius 3 is 2.36 bits per heavy atom. The van der Waals surface area contributed by atoms with Crippen LogP contribution in [0.1, 0.15) is 83.8 Å². The number of ketones is 1. The number of aryl methyl sites for hydroxylation is 1. The molecule has 0 aliphatic heterocycles. The minimum atomic E-state index is -4.34. The number of aliphatic hydroxyl groups excluding tert-OH is 1. The molecule has 0 spiro atoms. The highest BCUT2D eigenvalue weighted by Crippen LogP contribution is 2.76. The summed E-state index contributed by atoms with van der Waals surface area (Å²) in [6, 6.07) is 4.39. The van der Waals surface area contributed by atoms with Gasteiger partial charge in [0.1, 0.15) is 17.2 Å². The van der Waals surface area contributed by atoms with Crippen LogP contribution in [0.25, 0.3) is 0 Å². The Labute approximate surface area is 262 Å². The standard InChI is InChI=1S/C35H46F3NO6/c1-20-15-27-32(43,29(20)41)18-23(19-40)16-25-28-31(3,4)33(28,17-21(2)34(25,27)44)45-30(42)26(39)10-8-6-5-7-9-22-11-13-24(14-12-22)35(36,37)38/h11-16,21,25-28,40,43-44H,5-10,17-19,39H2,1-4H3/t21-,25+,26?,27-,28-,32-,33+,34-/m1/s1. The molecule has 10 heteroatoms. The molecule has 0 bridgehead atoms. The smallest absolute Gasteiger partial charge is 0.416 e. The van der Waals surface area contributed by atoms with Crippen LogP contribution in [-0.2, 0) is 26.9 Å². The highest BCUT2D eigenvalue weighted by molar-refractivity contribution is 6.04. The average Bonchev–Trinajstić information content (AvgIpc) is 3.38. The van der Waals surface area contributed by atoms with Gasteiger partial charge in [-0.25, -0.2) is 0 Å². The Hall–Kier alpha value is -2.53. The maximum Gasteiger partial charge on any atom is 0.416 e. The summed E-state index contributed by atoms with van der Waals surface area (Å²) in [5.74, 6) is -3.12. The Bertz CT molecular complexity index is 1390. The number of hydrogen-bond acceptors (Lipinski definition) is 7. The molecule has 0 aromatic heterocycles. The van der Waals surface area contributed by atoms with E-state index in [2.05, 4.69) is 0 Å². The highest BCUT2D eigenvalue weighted by atomic mass is 19.4. The Morgan fingerprint density at radius 1 is 1.09 bits per heavy atom. The number of alkyl halides is 3. The number of carbonyl (C=O) groups is 2. The largest absolute Gasteiger partial charge is 0.457 e. The number of nitrogens with two attached hydrogens (primary N) is 1. The van der Waals surface area contributed by atoms with Gasteiger partial charge in [-0.05, 0) is 67.4 Å². The van der Waals surface area contributed by atoms with Gasteiger partial charge in [0.15, 0.2) is 5.78 Å². The van der Waals surface area contributed by atoms with Crippen molar-refractivity contribution < 1.29 is 42.8 Å². The second kappa shape index (κ2) is 11.6. The van der Waals surface area contributed by atoms with Crippen molar-refractivity contribution in [2.24, 2.45) is 34.8 Å². The van der Waals surface area contributed by atoms with Crippen LogP contribution in [-0.4, -0.2) is 56.5 Å².